The van der Waals surface area contributed by atoms with Crippen LogP contribution in [-0.4, -0.2) is 12.0 Å². The third kappa shape index (κ3) is 3.05. The highest BCUT2D eigenvalue weighted by atomic mass is 79.9. The monoisotopic (exact) mass is 342 g/mol. The smallest absolute Gasteiger partial charge is 0.178 e. The van der Waals surface area contributed by atoms with Gasteiger partial charge in [0, 0.05) is 24.1 Å². The fourth-order valence-corrected chi connectivity index (χ4v) is 2.19. The van der Waals surface area contributed by atoms with E-state index in [1.807, 2.05) is 24.3 Å². The fraction of sp³-hybridized carbons (Fsp3) is 0.154. The van der Waals surface area contributed by atoms with Crippen molar-refractivity contribution in [3.05, 3.63) is 52.0 Å². The molecular weight excluding hydrogens is 330 g/mol. The van der Waals surface area contributed by atoms with Crippen molar-refractivity contribution < 1.29 is 8.78 Å². The Hall–Kier alpha value is -1.73. The third-order valence-electron chi connectivity index (χ3n) is 2.77. The van der Waals surface area contributed by atoms with Crippen LogP contribution in [0.3, 0.4) is 0 Å². The molecule has 4 nitrogen and oxygen atoms in total. The molecule has 0 aliphatic rings. The molecule has 0 amide bonds. The minimum absolute atomic E-state index is 0.0232. The van der Waals surface area contributed by atoms with E-state index >= 15 is 0 Å². The lowest BCUT2D eigenvalue weighted by molar-refractivity contribution is 0.572. The van der Waals surface area contributed by atoms with E-state index in [4.69, 9.17) is 5.84 Å². The molecule has 20 heavy (non-hydrogen) atoms. The summed E-state index contributed by atoms with van der Waals surface area (Å²) in [6.45, 7) is 0.418. The fourth-order valence-electron chi connectivity index (χ4n) is 1.78. The van der Waals surface area contributed by atoms with Crippen LogP contribution >= 0.6 is 15.9 Å². The molecule has 1 aromatic heterocycles. The molecule has 0 unspecified atom stereocenters. The summed E-state index contributed by atoms with van der Waals surface area (Å²) >= 11 is 3.42. The summed E-state index contributed by atoms with van der Waals surface area (Å²) in [5.74, 6) is 3.40. The van der Waals surface area contributed by atoms with Crippen LogP contribution in [0.25, 0.3) is 0 Å². The first kappa shape index (κ1) is 14.7. The molecule has 0 atom stereocenters. The number of nitrogen functional groups attached to an aromatic ring is 1. The van der Waals surface area contributed by atoms with E-state index in [0.29, 0.717) is 6.54 Å². The van der Waals surface area contributed by atoms with Gasteiger partial charge >= 0.3 is 0 Å². The highest BCUT2D eigenvalue weighted by Gasteiger charge is 2.15. The molecule has 0 radical (unpaired) electrons. The lowest BCUT2D eigenvalue weighted by Crippen LogP contribution is -2.21. The quantitative estimate of drug-likeness (QED) is 0.662. The topological polar surface area (TPSA) is 54.2 Å². The lowest BCUT2D eigenvalue weighted by Gasteiger charge is -2.20. The van der Waals surface area contributed by atoms with Gasteiger partial charge in [-0.2, -0.15) is 0 Å². The number of nitrogens with zero attached hydrogens (tertiary/aromatic N) is 2. The van der Waals surface area contributed by atoms with E-state index in [1.165, 1.54) is 0 Å². The Morgan fingerprint density at radius 1 is 1.30 bits per heavy atom. The molecule has 3 N–H and O–H groups in total. The van der Waals surface area contributed by atoms with Gasteiger partial charge in [-0.3, -0.25) is 0 Å². The molecule has 2 aromatic rings. The summed E-state index contributed by atoms with van der Waals surface area (Å²) < 4.78 is 28.0. The largest absolute Gasteiger partial charge is 0.353 e. The maximum atomic E-state index is 13.8. The second-order valence-electron chi connectivity index (χ2n) is 4.22. The molecular formula is C13H13BrF2N4. The minimum Gasteiger partial charge on any atom is -0.353 e. The zero-order valence-corrected chi connectivity index (χ0v) is 12.3. The van der Waals surface area contributed by atoms with Crippen LogP contribution in [-0.2, 0) is 6.54 Å². The van der Waals surface area contributed by atoms with E-state index in [1.54, 1.807) is 11.9 Å². The zero-order chi connectivity index (χ0) is 14.7. The van der Waals surface area contributed by atoms with E-state index < -0.39 is 11.6 Å². The van der Waals surface area contributed by atoms with Gasteiger partial charge in [-0.25, -0.2) is 19.6 Å². The third-order valence-corrected chi connectivity index (χ3v) is 3.55. The van der Waals surface area contributed by atoms with Gasteiger partial charge in [0.05, 0.1) is 0 Å². The van der Waals surface area contributed by atoms with Crippen LogP contribution in [0.4, 0.5) is 20.4 Å². The summed E-state index contributed by atoms with van der Waals surface area (Å²) in [6.07, 6.45) is 0. The van der Waals surface area contributed by atoms with Gasteiger partial charge in [-0.15, -0.1) is 0 Å². The van der Waals surface area contributed by atoms with Gasteiger partial charge in [0.25, 0.3) is 0 Å². The number of halogens is 3. The maximum Gasteiger partial charge on any atom is 0.178 e. The van der Waals surface area contributed by atoms with Crippen LogP contribution in [0.15, 0.2) is 34.8 Å². The number of pyridine rings is 1. The minimum atomic E-state index is -0.831. The molecule has 0 spiro atoms. The number of aromatic nitrogens is 1. The summed E-state index contributed by atoms with van der Waals surface area (Å²) in [5.41, 5.74) is 3.07. The molecule has 0 aliphatic carbocycles. The predicted molar refractivity (Wildman–Crippen MR) is 78.2 cm³/mol. The van der Waals surface area contributed by atoms with Gasteiger partial charge in [-0.1, -0.05) is 34.1 Å². The second-order valence-corrected chi connectivity index (χ2v) is 5.07. The van der Waals surface area contributed by atoms with Crippen LogP contribution in [0.1, 0.15) is 5.56 Å². The van der Waals surface area contributed by atoms with Crippen LogP contribution < -0.4 is 16.2 Å². The van der Waals surface area contributed by atoms with E-state index in [-0.39, 0.29) is 11.6 Å². The van der Waals surface area contributed by atoms with Crippen molar-refractivity contribution >= 4 is 27.6 Å². The molecule has 106 valence electrons. The van der Waals surface area contributed by atoms with Gasteiger partial charge in [0.1, 0.15) is 0 Å². The number of nitrogens with one attached hydrogen (secondary N) is 1. The predicted octanol–water partition coefficient (Wildman–Crippen LogP) is 3.04. The number of nitrogens with two attached hydrogens (primary N) is 1. The lowest BCUT2D eigenvalue weighted by atomic mass is 10.2. The summed E-state index contributed by atoms with van der Waals surface area (Å²) in [4.78, 5) is 5.42. The maximum absolute atomic E-state index is 13.8. The number of hydrogen-bond acceptors (Lipinski definition) is 4. The van der Waals surface area contributed by atoms with E-state index in [0.717, 1.165) is 16.1 Å². The van der Waals surface area contributed by atoms with Crippen molar-refractivity contribution in [2.75, 3.05) is 17.4 Å². The van der Waals surface area contributed by atoms with Crippen molar-refractivity contribution in [3.63, 3.8) is 0 Å². The Kier molecular flexibility index (Phi) is 4.51. The van der Waals surface area contributed by atoms with Crippen LogP contribution in [0.5, 0.6) is 0 Å². The second kappa shape index (κ2) is 6.15. The molecule has 0 saturated carbocycles. The molecule has 0 fully saturated rings. The zero-order valence-electron chi connectivity index (χ0n) is 10.7. The average molecular weight is 343 g/mol. The average Bonchev–Trinajstić information content (AvgIpc) is 2.41. The molecule has 0 saturated heterocycles. The molecule has 1 aromatic carbocycles. The van der Waals surface area contributed by atoms with Crippen molar-refractivity contribution in [1.29, 1.82) is 0 Å². The van der Waals surface area contributed by atoms with Gasteiger partial charge in [-0.05, 0) is 11.6 Å². The Bertz CT molecular complexity index is 621. The van der Waals surface area contributed by atoms with E-state index in [2.05, 4.69) is 26.3 Å². The number of hydrazine groups is 1. The summed E-state index contributed by atoms with van der Waals surface area (Å²) in [5, 5.41) is 0. The normalized spacial score (nSPS) is 10.4. The number of anilines is 2. The van der Waals surface area contributed by atoms with Crippen LogP contribution in [0, 0.1) is 11.6 Å². The molecule has 7 heteroatoms. The number of rotatable bonds is 4. The highest BCUT2D eigenvalue weighted by molar-refractivity contribution is 9.10. The number of benzene rings is 1. The summed E-state index contributed by atoms with van der Waals surface area (Å²) in [6, 6.07) is 8.33. The SMILES string of the molecule is CN(Cc1ccccc1Br)c1nc(NN)c(F)cc1F. The first-order chi connectivity index (χ1) is 9.52. The molecule has 0 aliphatic heterocycles. The Morgan fingerprint density at radius 3 is 2.65 bits per heavy atom. The van der Waals surface area contributed by atoms with Crippen molar-refractivity contribution in [1.82, 2.24) is 4.98 Å². The molecule has 1 heterocycles. The highest BCUT2D eigenvalue weighted by Crippen LogP contribution is 2.24. The van der Waals surface area contributed by atoms with Crippen molar-refractivity contribution in [3.8, 4) is 0 Å². The van der Waals surface area contributed by atoms with Gasteiger partial charge < -0.3 is 10.3 Å². The van der Waals surface area contributed by atoms with Crippen molar-refractivity contribution in [2.24, 2.45) is 5.84 Å². The van der Waals surface area contributed by atoms with Gasteiger partial charge in [0.15, 0.2) is 23.3 Å². The Morgan fingerprint density at radius 2 is 2.00 bits per heavy atom. The first-order valence-corrected chi connectivity index (χ1v) is 6.59. The van der Waals surface area contributed by atoms with Gasteiger partial charge in [0.2, 0.25) is 0 Å². The summed E-state index contributed by atoms with van der Waals surface area (Å²) in [7, 11) is 1.67. The Balaban J connectivity index is 2.30. The Labute approximate surface area is 123 Å². The number of hydrogen-bond donors (Lipinski definition) is 2. The standard InChI is InChI=1S/C13H13BrF2N4/c1-20(7-8-4-2-3-5-9(8)14)13-11(16)6-10(15)12(18-13)19-17/h2-6H,7,17H2,1H3,(H,18,19). The molecule has 0 bridgehead atoms. The van der Waals surface area contributed by atoms with E-state index in [9.17, 15) is 8.78 Å². The molecule has 2 rings (SSSR count). The van der Waals surface area contributed by atoms with Crippen molar-refractivity contribution in [2.45, 2.75) is 6.54 Å². The van der Waals surface area contributed by atoms with Crippen LogP contribution in [0.2, 0.25) is 0 Å². The first-order valence-electron chi connectivity index (χ1n) is 5.80.